The van der Waals surface area contributed by atoms with E-state index in [4.69, 9.17) is 0 Å². The molecule has 0 saturated heterocycles. The number of anilines is 2. The van der Waals surface area contributed by atoms with Gasteiger partial charge < -0.3 is 10.2 Å². The lowest BCUT2D eigenvalue weighted by Crippen LogP contribution is -2.40. The van der Waals surface area contributed by atoms with Gasteiger partial charge in [0.1, 0.15) is 5.01 Å². The number of rotatable bonds is 5. The number of nitrogens with one attached hydrogen (secondary N) is 1. The van der Waals surface area contributed by atoms with Crippen LogP contribution in [0, 0.1) is 5.92 Å². The maximum atomic E-state index is 4.38. The summed E-state index contributed by atoms with van der Waals surface area (Å²) in [6.45, 7) is 6.79. The summed E-state index contributed by atoms with van der Waals surface area (Å²) in [5.74, 6) is 0.628. The van der Waals surface area contributed by atoms with Crippen LogP contribution in [0.5, 0.6) is 0 Å². The topological polar surface area (TPSA) is 41.1 Å². The van der Waals surface area contributed by atoms with E-state index < -0.39 is 0 Å². The van der Waals surface area contributed by atoms with Gasteiger partial charge in [-0.2, -0.15) is 0 Å². The van der Waals surface area contributed by atoms with Gasteiger partial charge in [-0.3, -0.25) is 0 Å². The average molecular weight is 357 g/mol. The minimum atomic E-state index is 0.0167. The van der Waals surface area contributed by atoms with Crippen molar-refractivity contribution in [1.29, 1.82) is 0 Å². The Morgan fingerprint density at radius 1 is 1.16 bits per heavy atom. The second-order valence-electron chi connectivity index (χ2n) is 7.72. The lowest BCUT2D eigenvalue weighted by atomic mass is 9.78. The Morgan fingerprint density at radius 3 is 2.48 bits per heavy atom. The van der Waals surface area contributed by atoms with Crippen LogP contribution in [0.2, 0.25) is 0 Å². The van der Waals surface area contributed by atoms with Gasteiger partial charge in [-0.05, 0) is 70.2 Å². The second kappa shape index (κ2) is 7.16. The molecule has 1 aliphatic rings. The summed E-state index contributed by atoms with van der Waals surface area (Å²) in [4.78, 5) is 2.10. The van der Waals surface area contributed by atoms with Gasteiger partial charge in [0.25, 0.3) is 0 Å². The molecule has 25 heavy (non-hydrogen) atoms. The molecule has 1 aromatic heterocycles. The van der Waals surface area contributed by atoms with Crippen LogP contribution < -0.4 is 10.2 Å². The molecule has 5 heteroatoms. The highest BCUT2D eigenvalue weighted by Gasteiger charge is 2.31. The fourth-order valence-electron chi connectivity index (χ4n) is 3.29. The predicted octanol–water partition coefficient (Wildman–Crippen LogP) is 5.21. The van der Waals surface area contributed by atoms with Crippen LogP contribution in [0.1, 0.15) is 40.0 Å². The standard InChI is InChI=1S/C20H28N4S/c1-14-6-10-16(11-7-14)20(2,3)21-19-23-22-18(25-19)15-8-12-17(13-9-15)24(4)5/h6,8-9,12-13,16H,7,10-11H2,1-5H3,(H,21,23)/t16-/m0/s1. The Hall–Kier alpha value is -1.88. The molecule has 0 bridgehead atoms. The number of allylic oxidation sites excluding steroid dienone is 2. The Morgan fingerprint density at radius 2 is 1.88 bits per heavy atom. The van der Waals surface area contributed by atoms with Crippen molar-refractivity contribution < 1.29 is 0 Å². The van der Waals surface area contributed by atoms with Crippen molar-refractivity contribution in [2.45, 2.75) is 45.6 Å². The first kappa shape index (κ1) is 17.9. The summed E-state index contributed by atoms with van der Waals surface area (Å²) >= 11 is 1.63. The maximum absolute atomic E-state index is 4.38. The highest BCUT2D eigenvalue weighted by Crippen LogP contribution is 2.36. The molecule has 2 aromatic rings. The number of aromatic nitrogens is 2. The fourth-order valence-corrected chi connectivity index (χ4v) is 4.21. The molecule has 1 aliphatic carbocycles. The van der Waals surface area contributed by atoms with Crippen LogP contribution in [0.4, 0.5) is 10.8 Å². The number of hydrogen-bond donors (Lipinski definition) is 1. The molecule has 0 amide bonds. The van der Waals surface area contributed by atoms with E-state index in [2.05, 4.69) is 71.5 Å². The average Bonchev–Trinajstić information content (AvgIpc) is 3.03. The highest BCUT2D eigenvalue weighted by molar-refractivity contribution is 7.18. The minimum absolute atomic E-state index is 0.0167. The van der Waals surface area contributed by atoms with E-state index in [0.29, 0.717) is 5.92 Å². The van der Waals surface area contributed by atoms with E-state index >= 15 is 0 Å². The van der Waals surface area contributed by atoms with Gasteiger partial charge >= 0.3 is 0 Å². The van der Waals surface area contributed by atoms with Crippen molar-refractivity contribution in [2.24, 2.45) is 5.92 Å². The van der Waals surface area contributed by atoms with Gasteiger partial charge in [-0.15, -0.1) is 10.2 Å². The third-order valence-corrected chi connectivity index (χ3v) is 6.03. The minimum Gasteiger partial charge on any atom is -0.378 e. The van der Waals surface area contributed by atoms with Crippen LogP contribution in [0.25, 0.3) is 10.6 Å². The van der Waals surface area contributed by atoms with Gasteiger partial charge in [0.05, 0.1) is 0 Å². The van der Waals surface area contributed by atoms with Crippen LogP contribution in [0.15, 0.2) is 35.9 Å². The van der Waals surface area contributed by atoms with Crippen molar-refractivity contribution in [3.63, 3.8) is 0 Å². The molecule has 1 atom stereocenters. The van der Waals surface area contributed by atoms with Gasteiger partial charge in [0, 0.05) is 30.9 Å². The number of hydrogen-bond acceptors (Lipinski definition) is 5. The normalized spacial score (nSPS) is 18.0. The first-order chi connectivity index (χ1) is 11.8. The predicted molar refractivity (Wildman–Crippen MR) is 108 cm³/mol. The Balaban J connectivity index is 1.70. The molecule has 3 rings (SSSR count). The Kier molecular flexibility index (Phi) is 5.13. The van der Waals surface area contributed by atoms with E-state index in [1.807, 2.05) is 14.1 Å². The van der Waals surface area contributed by atoms with Gasteiger partial charge in [0.15, 0.2) is 0 Å². The smallest absolute Gasteiger partial charge is 0.206 e. The van der Waals surface area contributed by atoms with Gasteiger partial charge in [-0.1, -0.05) is 23.0 Å². The zero-order valence-corrected chi connectivity index (χ0v) is 16.7. The van der Waals surface area contributed by atoms with Crippen molar-refractivity contribution in [3.8, 4) is 10.6 Å². The zero-order chi connectivity index (χ0) is 18.0. The second-order valence-corrected chi connectivity index (χ2v) is 8.70. The molecule has 1 N–H and O–H groups in total. The highest BCUT2D eigenvalue weighted by atomic mass is 32.1. The van der Waals surface area contributed by atoms with Crippen LogP contribution >= 0.6 is 11.3 Å². The lowest BCUT2D eigenvalue weighted by Gasteiger charge is -2.36. The molecule has 0 fully saturated rings. The maximum Gasteiger partial charge on any atom is 0.206 e. The Labute approximate surface area is 155 Å². The quantitative estimate of drug-likeness (QED) is 0.747. The monoisotopic (exact) mass is 356 g/mol. The molecular weight excluding hydrogens is 328 g/mol. The molecule has 0 spiro atoms. The molecule has 0 unspecified atom stereocenters. The third kappa shape index (κ3) is 4.21. The molecule has 0 radical (unpaired) electrons. The summed E-state index contributed by atoms with van der Waals surface area (Å²) in [7, 11) is 4.10. The molecule has 1 heterocycles. The molecule has 1 aromatic carbocycles. The molecule has 134 valence electrons. The van der Waals surface area contributed by atoms with Crippen LogP contribution in [-0.4, -0.2) is 29.8 Å². The molecule has 4 nitrogen and oxygen atoms in total. The molecule has 0 aliphatic heterocycles. The van der Waals surface area contributed by atoms with E-state index in [1.165, 1.54) is 24.1 Å². The van der Waals surface area contributed by atoms with Crippen LogP contribution in [0.3, 0.4) is 0 Å². The van der Waals surface area contributed by atoms with E-state index in [0.717, 1.165) is 22.1 Å². The Bertz CT molecular complexity index is 743. The summed E-state index contributed by atoms with van der Waals surface area (Å²) in [6, 6.07) is 8.45. The molecule has 0 saturated carbocycles. The number of benzene rings is 1. The summed E-state index contributed by atoms with van der Waals surface area (Å²) in [5.41, 5.74) is 3.84. The van der Waals surface area contributed by atoms with Gasteiger partial charge in [-0.25, -0.2) is 0 Å². The third-order valence-electron chi connectivity index (χ3n) is 5.14. The van der Waals surface area contributed by atoms with E-state index in [9.17, 15) is 0 Å². The largest absolute Gasteiger partial charge is 0.378 e. The van der Waals surface area contributed by atoms with Crippen molar-refractivity contribution >= 4 is 22.2 Å². The number of nitrogens with zero attached hydrogens (tertiary/aromatic N) is 3. The first-order valence-corrected chi connectivity index (χ1v) is 9.72. The van der Waals surface area contributed by atoms with E-state index in [-0.39, 0.29) is 5.54 Å². The van der Waals surface area contributed by atoms with Crippen LogP contribution in [-0.2, 0) is 0 Å². The molecular formula is C20H28N4S. The van der Waals surface area contributed by atoms with Crippen molar-refractivity contribution in [2.75, 3.05) is 24.3 Å². The summed E-state index contributed by atoms with van der Waals surface area (Å²) < 4.78 is 0. The zero-order valence-electron chi connectivity index (χ0n) is 15.8. The SMILES string of the molecule is CC1=CC[C@H](C(C)(C)Nc2nnc(-c3ccc(N(C)C)cc3)s2)CC1. The summed E-state index contributed by atoms with van der Waals surface area (Å²) in [5, 5.41) is 14.3. The van der Waals surface area contributed by atoms with Crippen molar-refractivity contribution in [3.05, 3.63) is 35.9 Å². The van der Waals surface area contributed by atoms with E-state index in [1.54, 1.807) is 11.3 Å². The lowest BCUT2D eigenvalue weighted by molar-refractivity contribution is 0.319. The first-order valence-electron chi connectivity index (χ1n) is 8.90. The van der Waals surface area contributed by atoms with Gasteiger partial charge in [0.2, 0.25) is 5.13 Å². The summed E-state index contributed by atoms with van der Waals surface area (Å²) in [6.07, 6.45) is 5.97. The van der Waals surface area contributed by atoms with Crippen molar-refractivity contribution in [1.82, 2.24) is 10.2 Å². The fraction of sp³-hybridized carbons (Fsp3) is 0.500.